The molecule has 3 aromatic heterocycles. The smallest absolute Gasteiger partial charge is 0.181 e. The van der Waals surface area contributed by atoms with E-state index in [0.717, 1.165) is 5.56 Å². The van der Waals surface area contributed by atoms with Crippen molar-refractivity contribution in [1.29, 1.82) is 0 Å². The SMILES string of the molecule is CC(C)c1cc(-c2c(F)cccc2F)nnc1C(C)c1cncc(-n2cnc([C@H](O)CO)n2)n1. The molecule has 2 N–H and O–H groups in total. The summed E-state index contributed by atoms with van der Waals surface area (Å²) in [5, 5.41) is 31.4. The Morgan fingerprint density at radius 2 is 1.79 bits per heavy atom. The first-order valence-corrected chi connectivity index (χ1v) is 10.6. The first-order valence-electron chi connectivity index (χ1n) is 10.6. The molecule has 0 spiro atoms. The van der Waals surface area contributed by atoms with Crippen LogP contribution in [0.25, 0.3) is 17.1 Å². The van der Waals surface area contributed by atoms with Crippen LogP contribution in [0.4, 0.5) is 8.78 Å². The van der Waals surface area contributed by atoms with Crippen LogP contribution < -0.4 is 0 Å². The highest BCUT2D eigenvalue weighted by molar-refractivity contribution is 5.61. The topological polar surface area (TPSA) is 123 Å². The lowest BCUT2D eigenvalue weighted by molar-refractivity contribution is 0.0887. The maximum atomic E-state index is 14.3. The number of aliphatic hydroxyl groups excluding tert-OH is 2. The second-order valence-electron chi connectivity index (χ2n) is 8.09. The molecule has 0 aliphatic heterocycles. The average Bonchev–Trinajstić information content (AvgIpc) is 3.33. The summed E-state index contributed by atoms with van der Waals surface area (Å²) in [5.41, 5.74) is 1.86. The summed E-state index contributed by atoms with van der Waals surface area (Å²) < 4.78 is 30.0. The van der Waals surface area contributed by atoms with Gasteiger partial charge in [0.2, 0.25) is 0 Å². The van der Waals surface area contributed by atoms with Crippen LogP contribution >= 0.6 is 0 Å². The zero-order valence-electron chi connectivity index (χ0n) is 18.8. The van der Waals surface area contributed by atoms with Gasteiger partial charge in [0.25, 0.3) is 0 Å². The summed E-state index contributed by atoms with van der Waals surface area (Å²) in [4.78, 5) is 12.8. The first-order chi connectivity index (χ1) is 16.3. The van der Waals surface area contributed by atoms with Crippen LogP contribution in [-0.4, -0.2) is 51.7 Å². The van der Waals surface area contributed by atoms with Crippen molar-refractivity contribution in [3.63, 3.8) is 0 Å². The quantitative estimate of drug-likeness (QED) is 0.425. The Balaban J connectivity index is 1.71. The van der Waals surface area contributed by atoms with E-state index in [9.17, 15) is 13.9 Å². The van der Waals surface area contributed by atoms with E-state index >= 15 is 0 Å². The molecular weight excluding hydrogens is 444 g/mol. The van der Waals surface area contributed by atoms with Crippen molar-refractivity contribution in [2.75, 3.05) is 6.61 Å². The number of halogens is 2. The third-order valence-corrected chi connectivity index (χ3v) is 5.40. The lowest BCUT2D eigenvalue weighted by Gasteiger charge is -2.18. The standard InChI is InChI=1S/C23H23F2N7O2/c1-12(2)14-7-17(21-15(24)5-4-6-16(21)25)29-30-22(14)13(3)18-8-26-9-20(28-18)32-11-27-23(31-32)19(34)10-33/h4-9,11-13,19,33-34H,10H2,1-3H3/t13?,19-/m1/s1. The molecule has 1 unspecified atom stereocenters. The van der Waals surface area contributed by atoms with Gasteiger partial charge in [0.1, 0.15) is 24.1 Å². The van der Waals surface area contributed by atoms with Crippen LogP contribution in [-0.2, 0) is 0 Å². The molecule has 0 saturated carbocycles. The molecule has 0 aliphatic carbocycles. The third kappa shape index (κ3) is 4.52. The Kier molecular flexibility index (Phi) is 6.66. The molecule has 0 fully saturated rings. The normalized spacial score (nSPS) is 13.3. The van der Waals surface area contributed by atoms with Crippen LogP contribution in [0.2, 0.25) is 0 Å². The van der Waals surface area contributed by atoms with Crippen molar-refractivity contribution in [2.24, 2.45) is 0 Å². The summed E-state index contributed by atoms with van der Waals surface area (Å²) in [6.45, 7) is 5.30. The summed E-state index contributed by atoms with van der Waals surface area (Å²) in [7, 11) is 0. The van der Waals surface area contributed by atoms with Gasteiger partial charge >= 0.3 is 0 Å². The van der Waals surface area contributed by atoms with Gasteiger partial charge in [-0.3, -0.25) is 4.98 Å². The van der Waals surface area contributed by atoms with Crippen LogP contribution in [0.5, 0.6) is 0 Å². The fourth-order valence-electron chi connectivity index (χ4n) is 3.53. The molecule has 4 aromatic rings. The molecule has 0 saturated heterocycles. The highest BCUT2D eigenvalue weighted by Crippen LogP contribution is 2.32. The van der Waals surface area contributed by atoms with Crippen LogP contribution in [0.1, 0.15) is 61.5 Å². The van der Waals surface area contributed by atoms with Crippen molar-refractivity contribution in [3.8, 4) is 17.1 Å². The van der Waals surface area contributed by atoms with E-state index in [1.807, 2.05) is 20.8 Å². The molecule has 9 nitrogen and oxygen atoms in total. The van der Waals surface area contributed by atoms with Crippen molar-refractivity contribution < 1.29 is 19.0 Å². The highest BCUT2D eigenvalue weighted by Gasteiger charge is 2.23. The van der Waals surface area contributed by atoms with E-state index in [1.54, 1.807) is 12.3 Å². The van der Waals surface area contributed by atoms with E-state index in [4.69, 9.17) is 5.11 Å². The second-order valence-corrected chi connectivity index (χ2v) is 8.09. The fraction of sp³-hybridized carbons (Fsp3) is 0.304. The molecule has 0 aliphatic rings. The first kappa shape index (κ1) is 23.5. The van der Waals surface area contributed by atoms with Gasteiger partial charge in [0, 0.05) is 12.1 Å². The van der Waals surface area contributed by atoms with Crippen LogP contribution in [0, 0.1) is 11.6 Å². The minimum absolute atomic E-state index is 0.00415. The molecule has 176 valence electrons. The largest absolute Gasteiger partial charge is 0.393 e. The third-order valence-electron chi connectivity index (χ3n) is 5.40. The van der Waals surface area contributed by atoms with Gasteiger partial charge in [-0.15, -0.1) is 5.10 Å². The molecule has 4 rings (SSSR count). The zero-order valence-corrected chi connectivity index (χ0v) is 18.8. The van der Waals surface area contributed by atoms with E-state index in [2.05, 4.69) is 30.2 Å². The molecule has 0 radical (unpaired) electrons. The van der Waals surface area contributed by atoms with Gasteiger partial charge in [0.15, 0.2) is 11.6 Å². The number of hydrogen-bond acceptors (Lipinski definition) is 8. The maximum absolute atomic E-state index is 14.3. The average molecular weight is 467 g/mol. The Labute approximate surface area is 194 Å². The summed E-state index contributed by atoms with van der Waals surface area (Å²) in [6, 6.07) is 5.32. The van der Waals surface area contributed by atoms with Gasteiger partial charge in [-0.05, 0) is 29.7 Å². The van der Waals surface area contributed by atoms with E-state index < -0.39 is 24.3 Å². The lowest BCUT2D eigenvalue weighted by Crippen LogP contribution is -2.12. The number of benzene rings is 1. The van der Waals surface area contributed by atoms with Gasteiger partial charge in [-0.2, -0.15) is 10.2 Å². The zero-order chi connectivity index (χ0) is 24.4. The minimum atomic E-state index is -1.20. The van der Waals surface area contributed by atoms with E-state index in [0.29, 0.717) is 17.2 Å². The fourth-order valence-corrected chi connectivity index (χ4v) is 3.53. The monoisotopic (exact) mass is 467 g/mol. The lowest BCUT2D eigenvalue weighted by atomic mass is 9.92. The predicted octanol–water partition coefficient (Wildman–Crippen LogP) is 3.09. The Morgan fingerprint density at radius 3 is 2.47 bits per heavy atom. The number of nitrogens with zero attached hydrogens (tertiary/aromatic N) is 7. The molecule has 34 heavy (non-hydrogen) atoms. The molecule has 3 heterocycles. The Hall–Kier alpha value is -3.70. The van der Waals surface area contributed by atoms with Crippen LogP contribution in [0.3, 0.4) is 0 Å². The number of rotatable bonds is 7. The van der Waals surface area contributed by atoms with Gasteiger partial charge in [-0.1, -0.05) is 26.8 Å². The van der Waals surface area contributed by atoms with Gasteiger partial charge in [-0.25, -0.2) is 23.4 Å². The number of aliphatic hydroxyl groups is 2. The van der Waals surface area contributed by atoms with E-state index in [1.165, 1.54) is 35.4 Å². The van der Waals surface area contributed by atoms with E-state index in [-0.39, 0.29) is 28.9 Å². The minimum Gasteiger partial charge on any atom is -0.393 e. The van der Waals surface area contributed by atoms with Gasteiger partial charge < -0.3 is 10.2 Å². The summed E-state index contributed by atoms with van der Waals surface area (Å²) in [6.07, 6.45) is 3.24. The Bertz CT molecular complexity index is 1290. The molecule has 1 aromatic carbocycles. The summed E-state index contributed by atoms with van der Waals surface area (Å²) >= 11 is 0. The molecule has 2 atom stereocenters. The van der Waals surface area contributed by atoms with Crippen molar-refractivity contribution in [2.45, 2.75) is 38.7 Å². The molecular formula is C23H23F2N7O2. The number of aromatic nitrogens is 7. The molecule has 0 bridgehead atoms. The molecule has 0 amide bonds. The summed E-state index contributed by atoms with van der Waals surface area (Å²) in [5.74, 6) is -1.34. The van der Waals surface area contributed by atoms with Crippen molar-refractivity contribution >= 4 is 0 Å². The molecule has 11 heteroatoms. The predicted molar refractivity (Wildman–Crippen MR) is 118 cm³/mol. The van der Waals surface area contributed by atoms with Crippen molar-refractivity contribution in [3.05, 3.63) is 77.4 Å². The number of hydrogen-bond donors (Lipinski definition) is 2. The van der Waals surface area contributed by atoms with Gasteiger partial charge in [0.05, 0.1) is 35.4 Å². The second kappa shape index (κ2) is 9.65. The van der Waals surface area contributed by atoms with Crippen molar-refractivity contribution in [1.82, 2.24) is 34.9 Å². The Morgan fingerprint density at radius 1 is 1.06 bits per heavy atom. The maximum Gasteiger partial charge on any atom is 0.181 e. The van der Waals surface area contributed by atoms with Crippen LogP contribution in [0.15, 0.2) is 43.0 Å². The highest BCUT2D eigenvalue weighted by atomic mass is 19.1.